The number of benzene rings is 3. The number of nitrogens with zero attached hydrogens (tertiary/aromatic N) is 3. The van der Waals surface area contributed by atoms with Gasteiger partial charge in [-0.05, 0) is 36.2 Å². The van der Waals surface area contributed by atoms with Crippen LogP contribution in [0.1, 0.15) is 38.8 Å². The molecule has 3 aliphatic rings. The highest BCUT2D eigenvalue weighted by Crippen LogP contribution is 2.45. The highest BCUT2D eigenvalue weighted by Gasteiger charge is 2.53. The van der Waals surface area contributed by atoms with Gasteiger partial charge in [0.25, 0.3) is 11.8 Å². The van der Waals surface area contributed by atoms with Crippen LogP contribution in [-0.2, 0) is 16.0 Å². The Kier molecular flexibility index (Phi) is 6.76. The number of imide groups is 1. The monoisotopic (exact) mass is 563 g/mol. The zero-order chi connectivity index (χ0) is 28.8. The molecule has 9 heteroatoms. The first-order valence-corrected chi connectivity index (χ1v) is 14.5. The van der Waals surface area contributed by atoms with Crippen molar-refractivity contribution in [3.05, 3.63) is 101 Å². The summed E-state index contributed by atoms with van der Waals surface area (Å²) < 4.78 is 5.40. The van der Waals surface area contributed by atoms with Crippen LogP contribution in [0, 0.1) is 6.92 Å². The fraction of sp³-hybridized carbons (Fsp3) is 0.303. The van der Waals surface area contributed by atoms with E-state index in [1.165, 1.54) is 4.90 Å². The molecule has 4 amide bonds. The molecule has 2 unspecified atom stereocenters. The van der Waals surface area contributed by atoms with E-state index in [1.54, 1.807) is 29.2 Å². The number of fused-ring (bicyclic) bond motifs is 4. The van der Waals surface area contributed by atoms with E-state index in [0.717, 1.165) is 46.4 Å². The first-order valence-electron chi connectivity index (χ1n) is 14.5. The van der Waals surface area contributed by atoms with Crippen molar-refractivity contribution in [2.75, 3.05) is 44.3 Å². The number of ether oxygens (including phenoxy) is 1. The van der Waals surface area contributed by atoms with E-state index >= 15 is 0 Å². The smallest absolute Gasteiger partial charge is 0.332 e. The first kappa shape index (κ1) is 26.4. The van der Waals surface area contributed by atoms with E-state index in [-0.39, 0.29) is 11.8 Å². The summed E-state index contributed by atoms with van der Waals surface area (Å²) in [6.07, 6.45) is 0.399. The number of amides is 4. The van der Waals surface area contributed by atoms with Crippen LogP contribution < -0.4 is 10.2 Å². The minimum atomic E-state index is -0.687. The number of hydrogen-bond donors (Lipinski definition) is 2. The lowest BCUT2D eigenvalue weighted by Gasteiger charge is -2.36. The van der Waals surface area contributed by atoms with Crippen LogP contribution >= 0.6 is 0 Å². The van der Waals surface area contributed by atoms with E-state index < -0.39 is 18.1 Å². The number of aromatic nitrogens is 1. The van der Waals surface area contributed by atoms with Gasteiger partial charge in [0.2, 0.25) is 0 Å². The third-order valence-electron chi connectivity index (χ3n) is 8.65. The molecule has 2 atom stereocenters. The molecule has 2 N–H and O–H groups in total. The molecular weight excluding hydrogens is 530 g/mol. The molecule has 2 saturated heterocycles. The summed E-state index contributed by atoms with van der Waals surface area (Å²) in [4.78, 5) is 50.5. The molecule has 7 rings (SSSR count). The number of aromatic amines is 1. The Hall–Kier alpha value is -4.47. The molecule has 0 bridgehead atoms. The normalized spacial score (nSPS) is 20.6. The second kappa shape index (κ2) is 10.7. The van der Waals surface area contributed by atoms with Crippen molar-refractivity contribution in [1.82, 2.24) is 20.1 Å². The highest BCUT2D eigenvalue weighted by molar-refractivity contribution is 6.24. The summed E-state index contributed by atoms with van der Waals surface area (Å²) in [5, 5.41) is 4.04. The van der Waals surface area contributed by atoms with Crippen LogP contribution in [0.3, 0.4) is 0 Å². The van der Waals surface area contributed by atoms with Crippen LogP contribution in [0.25, 0.3) is 10.9 Å². The molecule has 4 heterocycles. The van der Waals surface area contributed by atoms with Crippen LogP contribution in [-0.4, -0.2) is 78.1 Å². The molecule has 4 aromatic rings. The molecule has 214 valence electrons. The number of rotatable bonds is 6. The first-order chi connectivity index (χ1) is 20.5. The lowest BCUT2D eigenvalue weighted by molar-refractivity contribution is -0.120. The average Bonchev–Trinajstić information content (AvgIpc) is 3.51. The number of anilines is 1. The quantitative estimate of drug-likeness (QED) is 0.346. The zero-order valence-electron chi connectivity index (χ0n) is 23.5. The van der Waals surface area contributed by atoms with E-state index in [2.05, 4.69) is 21.3 Å². The standard InChI is InChI=1S/C33H33N5O4/c1-21-10-12-22(13-11-21)30-29-25(23-6-2-4-8-26(23)35-29)20-28-32(40)38(33(41)37(28)30)27-9-5-3-7-24(27)31(39)34-14-15-36-16-18-42-19-17-36/h2-13,28,30,35H,14-20H2,1H3,(H,34,39). The van der Waals surface area contributed by atoms with Crippen molar-refractivity contribution in [2.24, 2.45) is 0 Å². The van der Waals surface area contributed by atoms with E-state index in [1.807, 2.05) is 49.4 Å². The molecule has 3 aliphatic heterocycles. The van der Waals surface area contributed by atoms with Crippen LogP contribution in [0.5, 0.6) is 0 Å². The Labute approximate surface area is 244 Å². The second-order valence-electron chi connectivity index (χ2n) is 11.2. The number of nitrogens with one attached hydrogen (secondary N) is 2. The Morgan fingerprint density at radius 2 is 1.71 bits per heavy atom. The summed E-state index contributed by atoms with van der Waals surface area (Å²) >= 11 is 0. The fourth-order valence-electron chi connectivity index (χ4n) is 6.50. The Bertz CT molecular complexity index is 1670. The molecule has 2 fully saturated rings. The summed E-state index contributed by atoms with van der Waals surface area (Å²) in [5.41, 5.74) is 5.61. The van der Waals surface area contributed by atoms with Crippen molar-refractivity contribution >= 4 is 34.4 Å². The topological polar surface area (TPSA) is 98.0 Å². The Morgan fingerprint density at radius 1 is 0.976 bits per heavy atom. The van der Waals surface area contributed by atoms with Crippen molar-refractivity contribution in [3.8, 4) is 0 Å². The molecule has 0 spiro atoms. The van der Waals surface area contributed by atoms with Crippen LogP contribution in [0.4, 0.5) is 10.5 Å². The van der Waals surface area contributed by atoms with Crippen molar-refractivity contribution in [2.45, 2.75) is 25.4 Å². The summed E-state index contributed by atoms with van der Waals surface area (Å²) in [6, 6.07) is 21.4. The maximum Gasteiger partial charge on any atom is 0.332 e. The lowest BCUT2D eigenvalue weighted by Crippen LogP contribution is -2.44. The van der Waals surface area contributed by atoms with Crippen molar-refractivity contribution < 1.29 is 19.1 Å². The minimum Gasteiger partial charge on any atom is -0.379 e. The van der Waals surface area contributed by atoms with Gasteiger partial charge in [-0.1, -0.05) is 60.2 Å². The fourth-order valence-corrected chi connectivity index (χ4v) is 6.50. The van der Waals surface area contributed by atoms with E-state index in [0.29, 0.717) is 44.0 Å². The van der Waals surface area contributed by atoms with E-state index in [9.17, 15) is 14.4 Å². The maximum absolute atomic E-state index is 14.3. The van der Waals surface area contributed by atoms with Gasteiger partial charge in [-0.3, -0.25) is 19.4 Å². The minimum absolute atomic E-state index is 0.303. The lowest BCUT2D eigenvalue weighted by atomic mass is 9.88. The molecule has 0 saturated carbocycles. The van der Waals surface area contributed by atoms with Crippen LogP contribution in [0.15, 0.2) is 72.8 Å². The second-order valence-corrected chi connectivity index (χ2v) is 11.2. The summed E-state index contributed by atoms with van der Waals surface area (Å²) in [5.74, 6) is -0.628. The third-order valence-corrected chi connectivity index (χ3v) is 8.65. The zero-order valence-corrected chi connectivity index (χ0v) is 23.5. The SMILES string of the molecule is Cc1ccc(C2c3[nH]c4ccccc4c3CC3C(=O)N(c4ccccc4C(=O)NCCN4CCOCC4)C(=O)N32)cc1. The number of aryl methyl sites for hydroxylation is 1. The average molecular weight is 564 g/mol. The van der Waals surface area contributed by atoms with Crippen LogP contribution in [0.2, 0.25) is 0 Å². The molecule has 3 aromatic carbocycles. The number of para-hydroxylation sites is 2. The van der Waals surface area contributed by atoms with Gasteiger partial charge in [-0.25, -0.2) is 9.69 Å². The van der Waals surface area contributed by atoms with Gasteiger partial charge in [0.05, 0.1) is 24.5 Å². The van der Waals surface area contributed by atoms with Gasteiger partial charge in [0.15, 0.2) is 0 Å². The highest BCUT2D eigenvalue weighted by atomic mass is 16.5. The number of morpholine rings is 1. The Balaban J connectivity index is 1.23. The van der Waals surface area contributed by atoms with Gasteiger partial charge in [0.1, 0.15) is 12.1 Å². The summed E-state index contributed by atoms with van der Waals surface area (Å²) in [7, 11) is 0. The molecule has 9 nitrogen and oxygen atoms in total. The van der Waals surface area contributed by atoms with Gasteiger partial charge >= 0.3 is 6.03 Å². The number of hydrogen-bond acceptors (Lipinski definition) is 5. The van der Waals surface area contributed by atoms with Gasteiger partial charge in [0, 0.05) is 49.2 Å². The van der Waals surface area contributed by atoms with Gasteiger partial charge in [-0.2, -0.15) is 0 Å². The number of urea groups is 1. The van der Waals surface area contributed by atoms with Crippen molar-refractivity contribution in [3.63, 3.8) is 0 Å². The number of carbonyl (C=O) groups is 3. The maximum atomic E-state index is 14.3. The predicted octanol–water partition coefficient (Wildman–Crippen LogP) is 4.02. The van der Waals surface area contributed by atoms with Gasteiger partial charge in [-0.15, -0.1) is 0 Å². The predicted molar refractivity (Wildman–Crippen MR) is 160 cm³/mol. The molecule has 0 aliphatic carbocycles. The van der Waals surface area contributed by atoms with Crippen molar-refractivity contribution in [1.29, 1.82) is 0 Å². The number of H-pyrrole nitrogens is 1. The van der Waals surface area contributed by atoms with E-state index in [4.69, 9.17) is 4.74 Å². The molecule has 42 heavy (non-hydrogen) atoms. The largest absolute Gasteiger partial charge is 0.379 e. The number of carbonyl (C=O) groups excluding carboxylic acids is 3. The Morgan fingerprint density at radius 3 is 2.52 bits per heavy atom. The van der Waals surface area contributed by atoms with Gasteiger partial charge < -0.3 is 15.0 Å². The third kappa shape index (κ3) is 4.45. The molecule has 0 radical (unpaired) electrons. The summed E-state index contributed by atoms with van der Waals surface area (Å²) in [6.45, 7) is 6.24. The molecular formula is C33H33N5O4. The molecule has 1 aromatic heterocycles.